The summed E-state index contributed by atoms with van der Waals surface area (Å²) in [4.78, 5) is 13.5. The van der Waals surface area contributed by atoms with Gasteiger partial charge in [0.15, 0.2) is 11.6 Å². The monoisotopic (exact) mass is 283 g/mol. The van der Waals surface area contributed by atoms with E-state index in [4.69, 9.17) is 0 Å². The van der Waals surface area contributed by atoms with E-state index in [0.717, 1.165) is 18.5 Å². The predicted molar refractivity (Wildman–Crippen MR) is 81.7 cm³/mol. The van der Waals surface area contributed by atoms with Gasteiger partial charge in [0, 0.05) is 18.8 Å². The lowest BCUT2D eigenvalue weighted by molar-refractivity contribution is 0.251. The first-order chi connectivity index (χ1) is 10.2. The van der Waals surface area contributed by atoms with Gasteiger partial charge >= 0.3 is 6.03 Å². The average molecular weight is 283 g/mol. The second-order valence-corrected chi connectivity index (χ2v) is 5.04. The Balaban J connectivity index is 1.64. The SMILES string of the molecule is CN(c1ccccc1)c1ccc(NC(=O)NC2CC2)nn1. The quantitative estimate of drug-likeness (QED) is 0.904. The molecule has 0 saturated heterocycles. The summed E-state index contributed by atoms with van der Waals surface area (Å²) in [7, 11) is 1.92. The molecule has 6 heteroatoms. The number of anilines is 3. The fourth-order valence-electron chi connectivity index (χ4n) is 1.92. The number of para-hydroxylation sites is 1. The molecule has 1 saturated carbocycles. The Labute approximate surface area is 123 Å². The fourth-order valence-corrected chi connectivity index (χ4v) is 1.92. The third-order valence-electron chi connectivity index (χ3n) is 3.29. The van der Waals surface area contributed by atoms with Crippen molar-refractivity contribution in [2.24, 2.45) is 0 Å². The minimum Gasteiger partial charge on any atom is -0.335 e. The Morgan fingerprint density at radius 1 is 1.14 bits per heavy atom. The standard InChI is InChI=1S/C15H17N5O/c1-20(12-5-3-2-4-6-12)14-10-9-13(18-19-14)17-15(21)16-11-7-8-11/h2-6,9-11H,7-8H2,1H3,(H2,16,17,18,21). The first-order valence-corrected chi connectivity index (χ1v) is 6.92. The number of benzene rings is 1. The minimum atomic E-state index is -0.226. The van der Waals surface area contributed by atoms with Gasteiger partial charge in [-0.3, -0.25) is 5.32 Å². The molecule has 3 rings (SSSR count). The summed E-state index contributed by atoms with van der Waals surface area (Å²) in [5.74, 6) is 1.16. The van der Waals surface area contributed by atoms with Crippen LogP contribution in [0.2, 0.25) is 0 Å². The third-order valence-corrected chi connectivity index (χ3v) is 3.29. The molecule has 1 aromatic carbocycles. The van der Waals surface area contributed by atoms with Crippen molar-refractivity contribution in [1.29, 1.82) is 0 Å². The molecule has 0 spiro atoms. The summed E-state index contributed by atoms with van der Waals surface area (Å²) in [6.07, 6.45) is 2.11. The van der Waals surface area contributed by atoms with Gasteiger partial charge in [-0.25, -0.2) is 4.79 Å². The molecule has 0 unspecified atom stereocenters. The molecule has 0 bridgehead atoms. The average Bonchev–Trinajstić information content (AvgIpc) is 3.32. The lowest BCUT2D eigenvalue weighted by Crippen LogP contribution is -2.30. The van der Waals surface area contributed by atoms with Crippen molar-refractivity contribution in [3.8, 4) is 0 Å². The maximum absolute atomic E-state index is 11.6. The Bertz CT molecular complexity index is 610. The van der Waals surface area contributed by atoms with Gasteiger partial charge in [-0.05, 0) is 37.1 Å². The topological polar surface area (TPSA) is 70.2 Å². The van der Waals surface area contributed by atoms with Gasteiger partial charge in [-0.2, -0.15) is 0 Å². The maximum Gasteiger partial charge on any atom is 0.320 e. The number of nitrogens with zero attached hydrogens (tertiary/aromatic N) is 3. The molecule has 2 amide bonds. The zero-order valence-corrected chi connectivity index (χ0v) is 11.8. The summed E-state index contributed by atoms with van der Waals surface area (Å²) < 4.78 is 0. The maximum atomic E-state index is 11.6. The number of aromatic nitrogens is 2. The highest BCUT2D eigenvalue weighted by atomic mass is 16.2. The molecule has 1 fully saturated rings. The molecule has 108 valence electrons. The molecule has 6 nitrogen and oxygen atoms in total. The van der Waals surface area contributed by atoms with E-state index in [0.29, 0.717) is 17.7 Å². The van der Waals surface area contributed by atoms with E-state index < -0.39 is 0 Å². The minimum absolute atomic E-state index is 0.226. The number of amides is 2. The molecular weight excluding hydrogens is 266 g/mol. The van der Waals surface area contributed by atoms with Crippen LogP contribution in [0.5, 0.6) is 0 Å². The van der Waals surface area contributed by atoms with Crippen molar-refractivity contribution in [2.75, 3.05) is 17.3 Å². The molecular formula is C15H17N5O. The van der Waals surface area contributed by atoms with Gasteiger partial charge in [0.05, 0.1) is 0 Å². The Morgan fingerprint density at radius 3 is 2.52 bits per heavy atom. The molecule has 21 heavy (non-hydrogen) atoms. The second-order valence-electron chi connectivity index (χ2n) is 5.04. The van der Waals surface area contributed by atoms with Gasteiger partial charge in [0.1, 0.15) is 0 Å². The van der Waals surface area contributed by atoms with Gasteiger partial charge in [-0.15, -0.1) is 10.2 Å². The normalized spacial score (nSPS) is 13.6. The first-order valence-electron chi connectivity index (χ1n) is 6.92. The highest BCUT2D eigenvalue weighted by Crippen LogP contribution is 2.21. The van der Waals surface area contributed by atoms with Crippen molar-refractivity contribution in [2.45, 2.75) is 18.9 Å². The van der Waals surface area contributed by atoms with Crippen LogP contribution in [-0.2, 0) is 0 Å². The van der Waals surface area contributed by atoms with Crippen molar-refractivity contribution >= 4 is 23.4 Å². The van der Waals surface area contributed by atoms with E-state index in [1.165, 1.54) is 0 Å². The Kier molecular flexibility index (Phi) is 3.68. The van der Waals surface area contributed by atoms with E-state index >= 15 is 0 Å². The molecule has 1 aromatic heterocycles. The fraction of sp³-hybridized carbons (Fsp3) is 0.267. The summed E-state index contributed by atoms with van der Waals surface area (Å²) in [5.41, 5.74) is 1.03. The first kappa shape index (κ1) is 13.4. The molecule has 1 aliphatic carbocycles. The summed E-state index contributed by atoms with van der Waals surface area (Å²) in [6, 6.07) is 13.6. The van der Waals surface area contributed by atoms with Gasteiger partial charge in [0.25, 0.3) is 0 Å². The van der Waals surface area contributed by atoms with Gasteiger partial charge in [0.2, 0.25) is 0 Å². The number of rotatable bonds is 4. The number of nitrogens with one attached hydrogen (secondary N) is 2. The molecule has 0 aliphatic heterocycles. The van der Waals surface area contributed by atoms with Crippen LogP contribution in [0.1, 0.15) is 12.8 Å². The Hall–Kier alpha value is -2.63. The lowest BCUT2D eigenvalue weighted by atomic mass is 10.3. The van der Waals surface area contributed by atoms with Crippen molar-refractivity contribution < 1.29 is 4.79 Å². The van der Waals surface area contributed by atoms with E-state index in [1.54, 1.807) is 6.07 Å². The largest absolute Gasteiger partial charge is 0.335 e. The summed E-state index contributed by atoms with van der Waals surface area (Å²) in [6.45, 7) is 0. The van der Waals surface area contributed by atoms with Crippen molar-refractivity contribution in [3.05, 3.63) is 42.5 Å². The highest BCUT2D eigenvalue weighted by Gasteiger charge is 2.23. The van der Waals surface area contributed by atoms with E-state index in [1.807, 2.05) is 48.3 Å². The van der Waals surface area contributed by atoms with Crippen LogP contribution in [0.4, 0.5) is 22.1 Å². The van der Waals surface area contributed by atoms with Gasteiger partial charge in [-0.1, -0.05) is 18.2 Å². The number of hydrogen-bond acceptors (Lipinski definition) is 4. The molecule has 1 aliphatic rings. The van der Waals surface area contributed by atoms with Crippen LogP contribution in [0.25, 0.3) is 0 Å². The van der Waals surface area contributed by atoms with Crippen LogP contribution >= 0.6 is 0 Å². The summed E-state index contributed by atoms with van der Waals surface area (Å²) >= 11 is 0. The van der Waals surface area contributed by atoms with Crippen molar-refractivity contribution in [3.63, 3.8) is 0 Å². The van der Waals surface area contributed by atoms with Gasteiger partial charge < -0.3 is 10.2 Å². The van der Waals surface area contributed by atoms with Crippen molar-refractivity contribution in [1.82, 2.24) is 15.5 Å². The molecule has 2 aromatic rings. The zero-order valence-electron chi connectivity index (χ0n) is 11.8. The predicted octanol–water partition coefficient (Wildman–Crippen LogP) is 2.53. The van der Waals surface area contributed by atoms with Crippen LogP contribution < -0.4 is 15.5 Å². The van der Waals surface area contributed by atoms with Crippen LogP contribution in [-0.4, -0.2) is 29.3 Å². The number of urea groups is 1. The zero-order chi connectivity index (χ0) is 14.7. The molecule has 1 heterocycles. The third kappa shape index (κ3) is 3.47. The smallest absolute Gasteiger partial charge is 0.320 e. The lowest BCUT2D eigenvalue weighted by Gasteiger charge is -2.17. The molecule has 0 radical (unpaired) electrons. The van der Waals surface area contributed by atoms with Crippen LogP contribution in [0.3, 0.4) is 0 Å². The highest BCUT2D eigenvalue weighted by molar-refractivity contribution is 5.88. The number of carbonyl (C=O) groups excluding carboxylic acids is 1. The molecule has 2 N–H and O–H groups in total. The van der Waals surface area contributed by atoms with E-state index in [9.17, 15) is 4.79 Å². The van der Waals surface area contributed by atoms with Crippen LogP contribution in [0, 0.1) is 0 Å². The molecule has 0 atom stereocenters. The number of hydrogen-bond donors (Lipinski definition) is 2. The van der Waals surface area contributed by atoms with E-state index in [2.05, 4.69) is 20.8 Å². The van der Waals surface area contributed by atoms with Crippen LogP contribution in [0.15, 0.2) is 42.5 Å². The Morgan fingerprint density at radius 2 is 1.90 bits per heavy atom. The second kappa shape index (κ2) is 5.78. The summed E-state index contributed by atoms with van der Waals surface area (Å²) in [5, 5.41) is 13.7. The van der Waals surface area contributed by atoms with E-state index in [-0.39, 0.29) is 6.03 Å². The number of carbonyl (C=O) groups is 1.